The largest absolute Gasteiger partial charge is 0.465 e. The second-order valence-corrected chi connectivity index (χ2v) is 7.48. The van der Waals surface area contributed by atoms with E-state index < -0.39 is 34.2 Å². The second-order valence-electron chi connectivity index (χ2n) is 5.62. The van der Waals surface area contributed by atoms with Gasteiger partial charge in [0.05, 0.1) is 17.2 Å². The number of carbonyl (C=O) groups is 2. The van der Waals surface area contributed by atoms with Gasteiger partial charge >= 0.3 is 5.97 Å². The first-order chi connectivity index (χ1) is 13.1. The van der Waals surface area contributed by atoms with Gasteiger partial charge in [-0.2, -0.15) is 0 Å². The Morgan fingerprint density at radius 3 is 2.25 bits per heavy atom. The molecule has 0 aliphatic carbocycles. The fourth-order valence-electron chi connectivity index (χ4n) is 2.32. The minimum atomic E-state index is -4.31. The lowest BCUT2D eigenvalue weighted by atomic mass is 10.3. The predicted molar refractivity (Wildman–Crippen MR) is 98.3 cm³/mol. The summed E-state index contributed by atoms with van der Waals surface area (Å²) in [5.74, 6) is -3.61. The van der Waals surface area contributed by atoms with Gasteiger partial charge in [-0.25, -0.2) is 17.2 Å². The van der Waals surface area contributed by atoms with Crippen LogP contribution in [0.4, 0.5) is 20.2 Å². The topological polar surface area (TPSA) is 92.8 Å². The average molecular weight is 412 g/mol. The molecule has 2 aromatic rings. The summed E-state index contributed by atoms with van der Waals surface area (Å²) in [5.41, 5.74) is 0.133. The summed E-state index contributed by atoms with van der Waals surface area (Å²) in [6.45, 7) is 2.15. The van der Waals surface area contributed by atoms with Crippen LogP contribution < -0.4 is 9.62 Å². The number of halogens is 2. The van der Waals surface area contributed by atoms with E-state index in [4.69, 9.17) is 4.74 Å². The van der Waals surface area contributed by atoms with Crippen LogP contribution in [-0.4, -0.2) is 33.4 Å². The molecule has 0 aliphatic heterocycles. The second kappa shape index (κ2) is 8.79. The van der Waals surface area contributed by atoms with Crippen molar-refractivity contribution in [2.24, 2.45) is 0 Å². The Balaban J connectivity index is 2.46. The molecule has 0 radical (unpaired) electrons. The molecule has 2 rings (SSSR count). The van der Waals surface area contributed by atoms with Crippen molar-refractivity contribution >= 4 is 33.3 Å². The smallest absolute Gasteiger partial charge is 0.326 e. The SMILES string of the molecule is CCOC(=O)CN(c1ccc(F)c(F)c1)S(=O)(=O)c1ccc(NC(C)=O)cc1. The molecule has 7 nitrogen and oxygen atoms in total. The summed E-state index contributed by atoms with van der Waals surface area (Å²) in [4.78, 5) is 22.8. The highest BCUT2D eigenvalue weighted by molar-refractivity contribution is 7.92. The predicted octanol–water partition coefficient (Wildman–Crippen LogP) is 2.68. The maximum Gasteiger partial charge on any atom is 0.326 e. The molecular formula is C18H18F2N2O5S. The van der Waals surface area contributed by atoms with Crippen LogP contribution in [-0.2, 0) is 24.3 Å². The molecular weight excluding hydrogens is 394 g/mol. The molecule has 2 aromatic carbocycles. The van der Waals surface area contributed by atoms with Gasteiger partial charge in [-0.1, -0.05) is 0 Å². The highest BCUT2D eigenvalue weighted by Crippen LogP contribution is 2.26. The fourth-order valence-corrected chi connectivity index (χ4v) is 3.72. The molecule has 0 atom stereocenters. The highest BCUT2D eigenvalue weighted by atomic mass is 32.2. The maximum absolute atomic E-state index is 13.6. The summed E-state index contributed by atoms with van der Waals surface area (Å²) in [6.07, 6.45) is 0. The number of hydrogen-bond donors (Lipinski definition) is 1. The van der Waals surface area contributed by atoms with Crippen molar-refractivity contribution in [2.75, 3.05) is 22.8 Å². The first-order valence-corrected chi connectivity index (χ1v) is 9.60. The van der Waals surface area contributed by atoms with Crippen LogP contribution in [0.25, 0.3) is 0 Å². The number of ether oxygens (including phenoxy) is 1. The number of hydrogen-bond acceptors (Lipinski definition) is 5. The number of esters is 1. The van der Waals surface area contributed by atoms with Gasteiger partial charge in [-0.3, -0.25) is 13.9 Å². The van der Waals surface area contributed by atoms with Crippen LogP contribution in [0.3, 0.4) is 0 Å². The van der Waals surface area contributed by atoms with Crippen LogP contribution in [0.15, 0.2) is 47.4 Å². The summed E-state index contributed by atoms with van der Waals surface area (Å²) in [6, 6.07) is 7.65. The summed E-state index contributed by atoms with van der Waals surface area (Å²) < 4.78 is 58.3. The number of carbonyl (C=O) groups excluding carboxylic acids is 2. The van der Waals surface area contributed by atoms with Crippen LogP contribution >= 0.6 is 0 Å². The average Bonchev–Trinajstić information content (AvgIpc) is 2.62. The monoisotopic (exact) mass is 412 g/mol. The zero-order chi connectivity index (χ0) is 20.9. The van der Waals surface area contributed by atoms with E-state index in [-0.39, 0.29) is 23.1 Å². The molecule has 0 saturated carbocycles. The van der Waals surface area contributed by atoms with E-state index in [1.54, 1.807) is 6.92 Å². The summed E-state index contributed by atoms with van der Waals surface area (Å²) in [7, 11) is -4.31. The first-order valence-electron chi connectivity index (χ1n) is 8.16. The van der Waals surface area contributed by atoms with Crippen LogP contribution in [0, 0.1) is 11.6 Å². The van der Waals surface area contributed by atoms with E-state index in [2.05, 4.69) is 5.32 Å². The van der Waals surface area contributed by atoms with Gasteiger partial charge in [-0.05, 0) is 43.3 Å². The Labute approximate surface area is 161 Å². The molecule has 0 spiro atoms. The molecule has 150 valence electrons. The van der Waals surface area contributed by atoms with Crippen LogP contribution in [0.1, 0.15) is 13.8 Å². The molecule has 0 saturated heterocycles. The number of nitrogens with zero attached hydrogens (tertiary/aromatic N) is 1. The maximum atomic E-state index is 13.6. The van der Waals surface area contributed by atoms with Gasteiger partial charge in [-0.15, -0.1) is 0 Å². The standard InChI is InChI=1S/C18H18F2N2O5S/c1-3-27-18(24)11-22(14-6-9-16(19)17(20)10-14)28(25,26)15-7-4-13(5-8-15)21-12(2)23/h4-10H,3,11H2,1-2H3,(H,21,23). The van der Waals surface area contributed by atoms with Crippen LogP contribution in [0.2, 0.25) is 0 Å². The van der Waals surface area contributed by atoms with Gasteiger partial charge in [0.1, 0.15) is 6.54 Å². The van der Waals surface area contributed by atoms with E-state index >= 15 is 0 Å². The van der Waals surface area contributed by atoms with Gasteiger partial charge in [0, 0.05) is 18.7 Å². The third-order valence-electron chi connectivity index (χ3n) is 3.53. The van der Waals surface area contributed by atoms with E-state index in [1.807, 2.05) is 0 Å². The minimum Gasteiger partial charge on any atom is -0.465 e. The Morgan fingerprint density at radius 1 is 1.07 bits per heavy atom. The third kappa shape index (κ3) is 5.03. The van der Waals surface area contributed by atoms with Gasteiger partial charge in [0.25, 0.3) is 10.0 Å². The Bertz CT molecular complexity index is 978. The number of nitrogens with one attached hydrogen (secondary N) is 1. The summed E-state index contributed by atoms with van der Waals surface area (Å²) in [5, 5.41) is 2.49. The lowest BCUT2D eigenvalue weighted by Gasteiger charge is -2.23. The third-order valence-corrected chi connectivity index (χ3v) is 5.32. The molecule has 0 aromatic heterocycles. The van der Waals surface area contributed by atoms with Crippen molar-refractivity contribution in [3.05, 3.63) is 54.1 Å². The zero-order valence-corrected chi connectivity index (χ0v) is 15.9. The van der Waals surface area contributed by atoms with Crippen molar-refractivity contribution in [2.45, 2.75) is 18.7 Å². The molecule has 1 amide bonds. The fraction of sp³-hybridized carbons (Fsp3) is 0.222. The number of anilines is 2. The molecule has 0 fully saturated rings. The first kappa shape index (κ1) is 21.3. The van der Waals surface area contributed by atoms with E-state index in [1.165, 1.54) is 31.2 Å². The van der Waals surface area contributed by atoms with Crippen molar-refractivity contribution in [3.63, 3.8) is 0 Å². The molecule has 0 bridgehead atoms. The van der Waals surface area contributed by atoms with E-state index in [0.29, 0.717) is 16.1 Å². The van der Waals surface area contributed by atoms with Crippen LogP contribution in [0.5, 0.6) is 0 Å². The molecule has 0 heterocycles. The molecule has 0 unspecified atom stereocenters. The van der Waals surface area contributed by atoms with Crippen molar-refractivity contribution in [1.29, 1.82) is 0 Å². The lowest BCUT2D eigenvalue weighted by molar-refractivity contribution is -0.141. The van der Waals surface area contributed by atoms with Gasteiger partial charge in [0.15, 0.2) is 11.6 Å². The Hall–Kier alpha value is -3.01. The Morgan fingerprint density at radius 2 is 1.71 bits per heavy atom. The zero-order valence-electron chi connectivity index (χ0n) is 15.1. The Kier molecular flexibility index (Phi) is 6.68. The van der Waals surface area contributed by atoms with Crippen molar-refractivity contribution in [3.8, 4) is 0 Å². The minimum absolute atomic E-state index is 0.0237. The molecule has 0 aliphatic rings. The molecule has 1 N–H and O–H groups in total. The van der Waals surface area contributed by atoms with Gasteiger partial charge in [0.2, 0.25) is 5.91 Å². The number of amides is 1. The van der Waals surface area contributed by atoms with Crippen molar-refractivity contribution < 1.29 is 31.5 Å². The normalized spacial score (nSPS) is 11.0. The highest BCUT2D eigenvalue weighted by Gasteiger charge is 2.28. The lowest BCUT2D eigenvalue weighted by Crippen LogP contribution is -2.36. The molecule has 28 heavy (non-hydrogen) atoms. The van der Waals surface area contributed by atoms with E-state index in [0.717, 1.165) is 12.1 Å². The quantitative estimate of drug-likeness (QED) is 0.706. The van der Waals surface area contributed by atoms with E-state index in [9.17, 15) is 26.8 Å². The molecule has 10 heteroatoms. The number of sulfonamides is 1. The van der Waals surface area contributed by atoms with Crippen molar-refractivity contribution in [1.82, 2.24) is 0 Å². The number of benzene rings is 2. The van der Waals surface area contributed by atoms with Gasteiger partial charge < -0.3 is 10.1 Å². The number of rotatable bonds is 7. The summed E-state index contributed by atoms with van der Waals surface area (Å²) >= 11 is 0.